The molecule has 0 aliphatic rings. The molecule has 0 rings (SSSR count). The maximum atomic E-state index is 10.8. The summed E-state index contributed by atoms with van der Waals surface area (Å²) in [7, 11) is 4.08. The van der Waals surface area contributed by atoms with Gasteiger partial charge in [0.2, 0.25) is 0 Å². The van der Waals surface area contributed by atoms with E-state index >= 15 is 0 Å². The molecule has 0 fully saturated rings. The number of ether oxygens (including phenoxy) is 3. The lowest BCUT2D eigenvalue weighted by Gasteiger charge is -2.11. The van der Waals surface area contributed by atoms with Gasteiger partial charge in [-0.05, 0) is 6.42 Å². The molecule has 19 heavy (non-hydrogen) atoms. The zero-order valence-electron chi connectivity index (χ0n) is 12.2. The van der Waals surface area contributed by atoms with Gasteiger partial charge in [0.1, 0.15) is 15.4 Å². The van der Waals surface area contributed by atoms with Gasteiger partial charge >= 0.3 is 5.97 Å². The Morgan fingerprint density at radius 3 is 2.26 bits per heavy atom. The number of carbonyl (C=O) groups is 1. The Bertz CT molecular complexity index is 229. The summed E-state index contributed by atoms with van der Waals surface area (Å²) in [5.41, 5.74) is 0. The summed E-state index contributed by atoms with van der Waals surface area (Å²) in [4.78, 5) is 10.8. The topological polar surface area (TPSA) is 44.8 Å². The summed E-state index contributed by atoms with van der Waals surface area (Å²) in [6, 6.07) is 1.17. The zero-order valence-corrected chi connectivity index (χ0v) is 13.2. The second kappa shape index (κ2) is 13.8. The molecular formula is C14H26O4Si. The van der Waals surface area contributed by atoms with E-state index in [1.165, 1.54) is 37.8 Å². The molecule has 0 aliphatic heterocycles. The fourth-order valence-electron chi connectivity index (χ4n) is 1.65. The van der Waals surface area contributed by atoms with Crippen molar-refractivity contribution in [2.24, 2.45) is 0 Å². The number of hydrogen-bond donors (Lipinski definition) is 0. The lowest BCUT2D eigenvalue weighted by molar-refractivity contribution is -0.137. The van der Waals surface area contributed by atoms with Crippen molar-refractivity contribution in [3.05, 3.63) is 12.7 Å². The van der Waals surface area contributed by atoms with Crippen LogP contribution in [0.4, 0.5) is 0 Å². The lowest BCUT2D eigenvalue weighted by Crippen LogP contribution is -2.20. The van der Waals surface area contributed by atoms with Gasteiger partial charge in [-0.15, -0.1) is 0 Å². The molecule has 0 aliphatic carbocycles. The van der Waals surface area contributed by atoms with Crippen LogP contribution in [0.1, 0.15) is 38.5 Å². The van der Waals surface area contributed by atoms with Crippen LogP contribution < -0.4 is 0 Å². The average molecular weight is 286 g/mol. The third kappa shape index (κ3) is 12.1. The van der Waals surface area contributed by atoms with Gasteiger partial charge in [-0.1, -0.05) is 44.7 Å². The highest BCUT2D eigenvalue weighted by Crippen LogP contribution is 2.08. The Kier molecular flexibility index (Phi) is 13.3. The summed E-state index contributed by atoms with van der Waals surface area (Å²) in [6.07, 6.45) is 8.18. The molecule has 0 aromatic carbocycles. The first-order valence-electron chi connectivity index (χ1n) is 6.82. The van der Waals surface area contributed by atoms with Crippen LogP contribution in [-0.4, -0.2) is 42.2 Å². The van der Waals surface area contributed by atoms with E-state index in [1.54, 1.807) is 14.2 Å². The van der Waals surface area contributed by atoms with Crippen LogP contribution in [0.3, 0.4) is 0 Å². The van der Waals surface area contributed by atoms with Crippen molar-refractivity contribution in [3.63, 3.8) is 0 Å². The summed E-state index contributed by atoms with van der Waals surface area (Å²) in [5, 5.41) is 0. The third-order valence-electron chi connectivity index (χ3n) is 2.72. The SMILES string of the molecule is C=CC(=O)OCCCCCCCC[Si]C(OC)OC. The average Bonchev–Trinajstić information content (AvgIpc) is 2.44. The van der Waals surface area contributed by atoms with E-state index in [0.29, 0.717) is 6.61 Å². The van der Waals surface area contributed by atoms with Crippen molar-refractivity contribution in [3.8, 4) is 0 Å². The van der Waals surface area contributed by atoms with E-state index in [-0.39, 0.29) is 11.9 Å². The third-order valence-corrected chi connectivity index (χ3v) is 4.17. The van der Waals surface area contributed by atoms with Crippen LogP contribution in [0.25, 0.3) is 0 Å². The Labute approximate surface area is 119 Å². The Morgan fingerprint density at radius 2 is 1.68 bits per heavy atom. The number of rotatable bonds is 13. The summed E-state index contributed by atoms with van der Waals surface area (Å²) >= 11 is 0. The highest BCUT2D eigenvalue weighted by molar-refractivity contribution is 6.36. The summed E-state index contributed by atoms with van der Waals surface area (Å²) in [5.74, 6) is -0.355. The standard InChI is InChI=1S/C14H26O4Si/c1-4-13(15)18-11-9-7-5-6-8-10-12-19-14(16-2)17-3/h4,14H,1,5-12H2,2-3H3. The smallest absolute Gasteiger partial charge is 0.330 e. The number of hydrogen-bond acceptors (Lipinski definition) is 4. The van der Waals surface area contributed by atoms with Crippen molar-refractivity contribution >= 4 is 15.5 Å². The predicted octanol–water partition coefficient (Wildman–Crippen LogP) is 2.76. The molecule has 0 spiro atoms. The van der Waals surface area contributed by atoms with Crippen molar-refractivity contribution in [2.45, 2.75) is 50.5 Å². The maximum absolute atomic E-state index is 10.8. The van der Waals surface area contributed by atoms with Crippen LogP contribution in [0.5, 0.6) is 0 Å². The Hall–Kier alpha value is -0.653. The van der Waals surface area contributed by atoms with Crippen molar-refractivity contribution in [2.75, 3.05) is 20.8 Å². The molecule has 5 heteroatoms. The minimum Gasteiger partial charge on any atom is -0.463 e. The molecule has 0 aromatic heterocycles. The number of esters is 1. The van der Waals surface area contributed by atoms with E-state index in [4.69, 9.17) is 14.2 Å². The number of methoxy groups -OCH3 is 2. The van der Waals surface area contributed by atoms with E-state index in [9.17, 15) is 4.79 Å². The van der Waals surface area contributed by atoms with Gasteiger partial charge in [0, 0.05) is 20.3 Å². The van der Waals surface area contributed by atoms with Gasteiger partial charge in [-0.25, -0.2) is 4.79 Å². The van der Waals surface area contributed by atoms with Gasteiger partial charge in [0.25, 0.3) is 0 Å². The molecule has 0 saturated carbocycles. The Balaban J connectivity index is 3.14. The van der Waals surface area contributed by atoms with Crippen LogP contribution in [-0.2, 0) is 19.0 Å². The zero-order chi connectivity index (χ0) is 14.3. The van der Waals surface area contributed by atoms with Gasteiger partial charge in [-0.2, -0.15) is 0 Å². The lowest BCUT2D eigenvalue weighted by atomic mass is 10.1. The van der Waals surface area contributed by atoms with Crippen LogP contribution >= 0.6 is 0 Å². The molecule has 0 aromatic rings. The van der Waals surface area contributed by atoms with Gasteiger partial charge in [-0.3, -0.25) is 0 Å². The van der Waals surface area contributed by atoms with E-state index in [0.717, 1.165) is 22.4 Å². The first kappa shape index (κ1) is 18.3. The molecule has 0 amide bonds. The van der Waals surface area contributed by atoms with Crippen molar-refractivity contribution < 1.29 is 19.0 Å². The maximum Gasteiger partial charge on any atom is 0.330 e. The minimum atomic E-state index is -0.327. The highest BCUT2D eigenvalue weighted by Gasteiger charge is 2.05. The fraction of sp³-hybridized carbons (Fsp3) is 0.786. The van der Waals surface area contributed by atoms with Crippen molar-refractivity contribution in [1.29, 1.82) is 0 Å². The summed E-state index contributed by atoms with van der Waals surface area (Å²) in [6.45, 7) is 3.86. The molecule has 110 valence electrons. The first-order valence-corrected chi connectivity index (χ1v) is 8.11. The number of carbonyl (C=O) groups excluding carboxylic acids is 1. The number of unbranched alkanes of at least 4 members (excludes halogenated alkanes) is 5. The van der Waals surface area contributed by atoms with E-state index < -0.39 is 0 Å². The molecule has 0 saturated heterocycles. The highest BCUT2D eigenvalue weighted by atomic mass is 28.2. The molecule has 0 heterocycles. The monoisotopic (exact) mass is 286 g/mol. The largest absolute Gasteiger partial charge is 0.463 e. The molecular weight excluding hydrogens is 260 g/mol. The normalized spacial score (nSPS) is 10.7. The van der Waals surface area contributed by atoms with Crippen molar-refractivity contribution in [1.82, 2.24) is 0 Å². The second-order valence-electron chi connectivity index (χ2n) is 4.25. The quantitative estimate of drug-likeness (QED) is 0.172. The Morgan fingerprint density at radius 1 is 1.11 bits per heavy atom. The molecule has 0 bridgehead atoms. The predicted molar refractivity (Wildman–Crippen MR) is 77.2 cm³/mol. The van der Waals surface area contributed by atoms with E-state index in [2.05, 4.69) is 6.58 Å². The second-order valence-corrected chi connectivity index (χ2v) is 5.63. The molecule has 0 N–H and O–H groups in total. The summed E-state index contributed by atoms with van der Waals surface area (Å²) < 4.78 is 15.2. The van der Waals surface area contributed by atoms with Crippen LogP contribution in [0.15, 0.2) is 12.7 Å². The molecule has 2 radical (unpaired) electrons. The van der Waals surface area contributed by atoms with Gasteiger partial charge in [0.05, 0.1) is 6.61 Å². The van der Waals surface area contributed by atoms with E-state index in [1.807, 2.05) is 0 Å². The van der Waals surface area contributed by atoms with Gasteiger partial charge < -0.3 is 14.2 Å². The van der Waals surface area contributed by atoms with Crippen LogP contribution in [0.2, 0.25) is 6.04 Å². The van der Waals surface area contributed by atoms with Gasteiger partial charge in [0.15, 0.2) is 0 Å². The van der Waals surface area contributed by atoms with Crippen LogP contribution in [0, 0.1) is 0 Å². The molecule has 0 atom stereocenters. The molecule has 4 nitrogen and oxygen atoms in total. The molecule has 0 unspecified atom stereocenters. The first-order chi connectivity index (χ1) is 9.24. The minimum absolute atomic E-state index is 0.0282. The fourth-order valence-corrected chi connectivity index (χ4v) is 2.67.